The second-order valence-corrected chi connectivity index (χ2v) is 5.13. The lowest BCUT2D eigenvalue weighted by atomic mass is 10.1. The van der Waals surface area contributed by atoms with E-state index in [0.717, 1.165) is 28.0 Å². The lowest BCUT2D eigenvalue weighted by molar-refractivity contribution is 0.102. The Hall–Kier alpha value is -3.41. The number of hydrogen-bond donors (Lipinski definition) is 3. The average molecular weight is 303 g/mol. The van der Waals surface area contributed by atoms with Gasteiger partial charge < -0.3 is 15.3 Å². The summed E-state index contributed by atoms with van der Waals surface area (Å²) in [5, 5.41) is 2.89. The summed E-state index contributed by atoms with van der Waals surface area (Å²) in [4.78, 5) is 26.5. The van der Waals surface area contributed by atoms with E-state index in [2.05, 4.69) is 25.3 Å². The number of amides is 1. The Labute approximate surface area is 131 Å². The molecule has 2 aromatic heterocycles. The highest BCUT2D eigenvalue weighted by atomic mass is 16.1. The second-order valence-electron chi connectivity index (χ2n) is 5.13. The van der Waals surface area contributed by atoms with Crippen LogP contribution < -0.4 is 5.32 Å². The number of imidazole rings is 2. The van der Waals surface area contributed by atoms with Gasteiger partial charge in [-0.15, -0.1) is 0 Å². The van der Waals surface area contributed by atoms with Crippen molar-refractivity contribution in [3.63, 3.8) is 0 Å². The molecule has 0 atom stereocenters. The van der Waals surface area contributed by atoms with Crippen molar-refractivity contribution in [2.75, 3.05) is 5.32 Å². The average Bonchev–Trinajstić information content (AvgIpc) is 3.26. The van der Waals surface area contributed by atoms with Gasteiger partial charge in [-0.2, -0.15) is 0 Å². The molecule has 2 heterocycles. The molecule has 0 aliphatic rings. The molecule has 112 valence electrons. The number of carbonyl (C=O) groups excluding carboxylic acids is 1. The Balaban J connectivity index is 1.53. The van der Waals surface area contributed by atoms with Crippen LogP contribution in [0.4, 0.5) is 5.69 Å². The van der Waals surface area contributed by atoms with Gasteiger partial charge in [-0.05, 0) is 35.9 Å². The number of aromatic amines is 2. The third-order valence-electron chi connectivity index (χ3n) is 3.63. The van der Waals surface area contributed by atoms with Gasteiger partial charge in [-0.1, -0.05) is 12.1 Å². The first kappa shape index (κ1) is 13.3. The van der Waals surface area contributed by atoms with Crippen LogP contribution in [0.15, 0.2) is 61.3 Å². The van der Waals surface area contributed by atoms with Crippen LogP contribution in [0, 0.1) is 0 Å². The summed E-state index contributed by atoms with van der Waals surface area (Å²) in [6.07, 6.45) is 5.00. The lowest BCUT2D eigenvalue weighted by Crippen LogP contribution is -2.11. The van der Waals surface area contributed by atoms with E-state index < -0.39 is 0 Å². The van der Waals surface area contributed by atoms with Gasteiger partial charge in [0.25, 0.3) is 5.91 Å². The minimum Gasteiger partial charge on any atom is -0.345 e. The van der Waals surface area contributed by atoms with E-state index >= 15 is 0 Å². The highest BCUT2D eigenvalue weighted by Gasteiger charge is 2.08. The topological polar surface area (TPSA) is 86.5 Å². The van der Waals surface area contributed by atoms with Gasteiger partial charge in [0.2, 0.25) is 0 Å². The molecular weight excluding hydrogens is 290 g/mol. The number of nitrogens with one attached hydrogen (secondary N) is 3. The van der Waals surface area contributed by atoms with Crippen LogP contribution in [0.3, 0.4) is 0 Å². The second kappa shape index (κ2) is 5.42. The van der Waals surface area contributed by atoms with Crippen LogP contribution in [0.1, 0.15) is 10.4 Å². The predicted octanol–water partition coefficient (Wildman–Crippen LogP) is 3.21. The maximum Gasteiger partial charge on any atom is 0.255 e. The zero-order valence-electron chi connectivity index (χ0n) is 12.1. The third kappa shape index (κ3) is 2.57. The first-order valence-electron chi connectivity index (χ1n) is 7.13. The summed E-state index contributed by atoms with van der Waals surface area (Å²) in [5.41, 5.74) is 4.95. The first-order valence-corrected chi connectivity index (χ1v) is 7.13. The van der Waals surface area contributed by atoms with Gasteiger partial charge in [0.05, 0.1) is 35.6 Å². The van der Waals surface area contributed by atoms with Gasteiger partial charge in [0.1, 0.15) is 0 Å². The molecule has 0 fully saturated rings. The normalized spacial score (nSPS) is 10.8. The van der Waals surface area contributed by atoms with Crippen molar-refractivity contribution in [2.45, 2.75) is 0 Å². The van der Waals surface area contributed by atoms with Crippen molar-refractivity contribution < 1.29 is 4.79 Å². The van der Waals surface area contributed by atoms with E-state index in [1.54, 1.807) is 31.0 Å². The number of H-pyrrole nitrogens is 2. The Morgan fingerprint density at radius 3 is 2.65 bits per heavy atom. The zero-order chi connectivity index (χ0) is 15.6. The summed E-state index contributed by atoms with van der Waals surface area (Å²) < 4.78 is 0. The number of benzene rings is 2. The minimum absolute atomic E-state index is 0.157. The highest BCUT2D eigenvalue weighted by Crippen LogP contribution is 2.19. The zero-order valence-corrected chi connectivity index (χ0v) is 12.1. The molecule has 0 bridgehead atoms. The summed E-state index contributed by atoms with van der Waals surface area (Å²) in [6.45, 7) is 0. The summed E-state index contributed by atoms with van der Waals surface area (Å²) in [6, 6.07) is 13.0. The molecule has 4 aromatic rings. The van der Waals surface area contributed by atoms with E-state index in [9.17, 15) is 4.79 Å². The van der Waals surface area contributed by atoms with Crippen molar-refractivity contribution in [3.8, 4) is 11.3 Å². The molecule has 2 aromatic carbocycles. The van der Waals surface area contributed by atoms with Crippen LogP contribution in [-0.2, 0) is 0 Å². The molecule has 0 saturated heterocycles. The molecule has 1 amide bonds. The van der Waals surface area contributed by atoms with E-state index in [1.807, 2.05) is 30.3 Å². The van der Waals surface area contributed by atoms with Crippen LogP contribution in [0.5, 0.6) is 0 Å². The first-order chi connectivity index (χ1) is 11.3. The van der Waals surface area contributed by atoms with Crippen molar-refractivity contribution in [1.82, 2.24) is 19.9 Å². The molecule has 6 heteroatoms. The number of fused-ring (bicyclic) bond motifs is 1. The van der Waals surface area contributed by atoms with Gasteiger partial charge in [-0.25, -0.2) is 9.97 Å². The van der Waals surface area contributed by atoms with Crippen molar-refractivity contribution >= 4 is 22.6 Å². The number of hydrogen-bond acceptors (Lipinski definition) is 3. The molecule has 0 aliphatic carbocycles. The van der Waals surface area contributed by atoms with E-state index in [-0.39, 0.29) is 5.91 Å². The molecule has 0 unspecified atom stereocenters. The highest BCUT2D eigenvalue weighted by molar-refractivity contribution is 6.05. The number of anilines is 1. The Bertz CT molecular complexity index is 954. The van der Waals surface area contributed by atoms with Gasteiger partial charge in [-0.3, -0.25) is 4.79 Å². The summed E-state index contributed by atoms with van der Waals surface area (Å²) in [5.74, 6) is -0.157. The number of carbonyl (C=O) groups is 1. The number of nitrogens with zero attached hydrogens (tertiary/aromatic N) is 2. The quantitative estimate of drug-likeness (QED) is 0.543. The minimum atomic E-state index is -0.157. The van der Waals surface area contributed by atoms with E-state index in [0.29, 0.717) is 5.56 Å². The fourth-order valence-corrected chi connectivity index (χ4v) is 2.43. The van der Waals surface area contributed by atoms with Crippen molar-refractivity contribution in [3.05, 3.63) is 66.9 Å². The molecule has 0 radical (unpaired) electrons. The van der Waals surface area contributed by atoms with Gasteiger partial charge >= 0.3 is 0 Å². The molecular formula is C17H13N5O. The van der Waals surface area contributed by atoms with Gasteiger partial charge in [0.15, 0.2) is 0 Å². The van der Waals surface area contributed by atoms with Crippen LogP contribution >= 0.6 is 0 Å². The Morgan fingerprint density at radius 1 is 1.00 bits per heavy atom. The third-order valence-corrected chi connectivity index (χ3v) is 3.63. The fraction of sp³-hybridized carbons (Fsp3) is 0. The fourth-order valence-electron chi connectivity index (χ4n) is 2.43. The molecule has 6 nitrogen and oxygen atoms in total. The maximum absolute atomic E-state index is 12.3. The molecule has 3 N–H and O–H groups in total. The lowest BCUT2D eigenvalue weighted by Gasteiger charge is -2.06. The van der Waals surface area contributed by atoms with Crippen LogP contribution in [-0.4, -0.2) is 25.8 Å². The SMILES string of the molecule is O=C(Nc1ccc(-c2cnc[nH]2)cc1)c1ccc2nc[nH]c2c1. The van der Waals surface area contributed by atoms with E-state index in [4.69, 9.17) is 0 Å². The van der Waals surface area contributed by atoms with Crippen LogP contribution in [0.2, 0.25) is 0 Å². The van der Waals surface area contributed by atoms with Crippen LogP contribution in [0.25, 0.3) is 22.3 Å². The molecule has 23 heavy (non-hydrogen) atoms. The van der Waals surface area contributed by atoms with Crippen molar-refractivity contribution in [2.24, 2.45) is 0 Å². The number of rotatable bonds is 3. The Kier molecular flexibility index (Phi) is 3.12. The maximum atomic E-state index is 12.3. The summed E-state index contributed by atoms with van der Waals surface area (Å²) >= 11 is 0. The molecule has 0 spiro atoms. The van der Waals surface area contributed by atoms with Crippen molar-refractivity contribution in [1.29, 1.82) is 0 Å². The summed E-state index contributed by atoms with van der Waals surface area (Å²) in [7, 11) is 0. The Morgan fingerprint density at radius 2 is 1.87 bits per heavy atom. The number of aromatic nitrogens is 4. The molecule has 0 aliphatic heterocycles. The predicted molar refractivity (Wildman–Crippen MR) is 88.1 cm³/mol. The molecule has 0 saturated carbocycles. The molecule has 4 rings (SSSR count). The smallest absolute Gasteiger partial charge is 0.255 e. The monoisotopic (exact) mass is 303 g/mol. The van der Waals surface area contributed by atoms with Gasteiger partial charge in [0, 0.05) is 11.3 Å². The largest absolute Gasteiger partial charge is 0.345 e. The standard InChI is InChI=1S/C17H13N5O/c23-17(12-3-6-14-15(7-12)21-10-20-14)22-13-4-1-11(2-5-13)16-8-18-9-19-16/h1-10H,(H,18,19)(H,20,21)(H,22,23). The van der Waals surface area contributed by atoms with E-state index in [1.165, 1.54) is 0 Å².